The van der Waals surface area contributed by atoms with E-state index >= 15 is 0 Å². The third-order valence-corrected chi connectivity index (χ3v) is 5.20. The van der Waals surface area contributed by atoms with Crippen LogP contribution in [0.15, 0.2) is 4.99 Å². The lowest BCUT2D eigenvalue weighted by atomic mass is 9.99. The summed E-state index contributed by atoms with van der Waals surface area (Å²) in [4.78, 5) is 7.25. The van der Waals surface area contributed by atoms with Gasteiger partial charge in [-0.3, -0.25) is 0 Å². The van der Waals surface area contributed by atoms with Crippen LogP contribution in [0.1, 0.15) is 44.3 Å². The van der Waals surface area contributed by atoms with Crippen LogP contribution in [-0.2, 0) is 18.3 Å². The number of aromatic nitrogens is 3. The van der Waals surface area contributed by atoms with Crippen molar-refractivity contribution in [1.82, 2.24) is 30.3 Å². The van der Waals surface area contributed by atoms with E-state index in [4.69, 9.17) is 4.74 Å². The van der Waals surface area contributed by atoms with Gasteiger partial charge in [0, 0.05) is 33.9 Å². The number of likely N-dealkylation sites (tertiary alicyclic amines) is 1. The van der Waals surface area contributed by atoms with Crippen LogP contribution in [0.25, 0.3) is 0 Å². The summed E-state index contributed by atoms with van der Waals surface area (Å²) in [6, 6.07) is 0. The van der Waals surface area contributed by atoms with Gasteiger partial charge in [-0.1, -0.05) is 6.92 Å². The van der Waals surface area contributed by atoms with Gasteiger partial charge in [-0.25, -0.2) is 4.99 Å². The molecule has 2 heterocycles. The summed E-state index contributed by atoms with van der Waals surface area (Å²) in [5.41, 5.74) is 0. The van der Waals surface area contributed by atoms with E-state index in [1.807, 2.05) is 18.5 Å². The molecule has 0 amide bonds. The summed E-state index contributed by atoms with van der Waals surface area (Å²) in [5.74, 6) is 3.49. The van der Waals surface area contributed by atoms with Crippen molar-refractivity contribution in [3.8, 4) is 0 Å². The van der Waals surface area contributed by atoms with E-state index in [2.05, 4.69) is 37.6 Å². The lowest BCUT2D eigenvalue weighted by molar-refractivity contribution is 0.191. The maximum Gasteiger partial charge on any atom is 0.191 e. The summed E-state index contributed by atoms with van der Waals surface area (Å²) in [6.07, 6.45) is 4.74. The molecule has 2 rings (SSSR count). The average molecular weight is 380 g/mol. The van der Waals surface area contributed by atoms with Crippen molar-refractivity contribution in [2.45, 2.75) is 46.1 Å². The molecule has 27 heavy (non-hydrogen) atoms. The molecule has 0 spiro atoms. The number of nitrogens with zero attached hydrogens (tertiary/aromatic N) is 5. The zero-order valence-corrected chi connectivity index (χ0v) is 17.5. The van der Waals surface area contributed by atoms with Crippen molar-refractivity contribution in [3.63, 3.8) is 0 Å². The summed E-state index contributed by atoms with van der Waals surface area (Å²) in [7, 11) is 3.70. The Bertz CT molecular complexity index is 564. The topological polar surface area (TPSA) is 79.6 Å². The first-order chi connectivity index (χ1) is 13.1. The molecule has 0 unspecified atom stereocenters. The van der Waals surface area contributed by atoms with Crippen molar-refractivity contribution in [2.75, 3.05) is 46.4 Å². The molecule has 1 fully saturated rings. The standard InChI is InChI=1S/C19H37N7O/c1-16-7-12-26(13-8-16)11-5-9-20-19(21-10-6-14-27-4)22-15-18-24-23-17(2)25(18)3/h16H,5-15H2,1-4H3,(H2,20,21,22). The Morgan fingerprint density at radius 3 is 2.52 bits per heavy atom. The summed E-state index contributed by atoms with van der Waals surface area (Å²) in [6.45, 7) is 10.9. The molecule has 0 bridgehead atoms. The molecular formula is C19H37N7O. The van der Waals surface area contributed by atoms with Crippen LogP contribution in [0, 0.1) is 12.8 Å². The van der Waals surface area contributed by atoms with Crippen LogP contribution in [0.5, 0.6) is 0 Å². The molecule has 1 aromatic rings. The molecule has 1 aromatic heterocycles. The molecule has 0 radical (unpaired) electrons. The monoisotopic (exact) mass is 379 g/mol. The van der Waals surface area contributed by atoms with Crippen LogP contribution >= 0.6 is 0 Å². The second kappa shape index (κ2) is 11.9. The van der Waals surface area contributed by atoms with Crippen LogP contribution in [-0.4, -0.2) is 72.1 Å². The summed E-state index contributed by atoms with van der Waals surface area (Å²) >= 11 is 0. The number of methoxy groups -OCH3 is 1. The first-order valence-electron chi connectivity index (χ1n) is 10.2. The van der Waals surface area contributed by atoms with Crippen LogP contribution in [0.2, 0.25) is 0 Å². The van der Waals surface area contributed by atoms with Crippen molar-refractivity contribution < 1.29 is 4.74 Å². The Labute approximate surface area is 163 Å². The Kier molecular flexibility index (Phi) is 9.55. The molecule has 0 saturated carbocycles. The molecule has 2 N–H and O–H groups in total. The molecule has 0 aliphatic carbocycles. The van der Waals surface area contributed by atoms with Gasteiger partial charge in [0.05, 0.1) is 0 Å². The predicted molar refractivity (Wildman–Crippen MR) is 109 cm³/mol. The molecule has 1 aliphatic rings. The van der Waals surface area contributed by atoms with Crippen molar-refractivity contribution >= 4 is 5.96 Å². The normalized spacial score (nSPS) is 16.7. The maximum absolute atomic E-state index is 5.12. The van der Waals surface area contributed by atoms with Crippen molar-refractivity contribution in [3.05, 3.63) is 11.6 Å². The second-order valence-electron chi connectivity index (χ2n) is 7.46. The van der Waals surface area contributed by atoms with E-state index in [-0.39, 0.29) is 0 Å². The SMILES string of the molecule is COCCCNC(=NCc1nnc(C)n1C)NCCCN1CCC(C)CC1. The quantitative estimate of drug-likeness (QED) is 0.363. The highest BCUT2D eigenvalue weighted by atomic mass is 16.5. The number of aryl methyl sites for hydroxylation is 1. The Morgan fingerprint density at radius 2 is 1.89 bits per heavy atom. The van der Waals surface area contributed by atoms with Gasteiger partial charge in [0.1, 0.15) is 12.4 Å². The highest BCUT2D eigenvalue weighted by molar-refractivity contribution is 5.79. The number of nitrogens with one attached hydrogen (secondary N) is 2. The van der Waals surface area contributed by atoms with Gasteiger partial charge in [-0.05, 0) is 58.2 Å². The molecule has 0 atom stereocenters. The summed E-state index contributed by atoms with van der Waals surface area (Å²) < 4.78 is 7.09. The van der Waals surface area contributed by atoms with Crippen molar-refractivity contribution in [1.29, 1.82) is 0 Å². The van der Waals surface area contributed by atoms with Crippen molar-refractivity contribution in [2.24, 2.45) is 18.0 Å². The van der Waals surface area contributed by atoms with E-state index in [9.17, 15) is 0 Å². The highest BCUT2D eigenvalue weighted by Crippen LogP contribution is 2.15. The average Bonchev–Trinajstić information content (AvgIpc) is 2.99. The number of hydrogen-bond acceptors (Lipinski definition) is 5. The van der Waals surface area contributed by atoms with Gasteiger partial charge in [0.25, 0.3) is 0 Å². The lowest BCUT2D eigenvalue weighted by Crippen LogP contribution is -2.40. The minimum atomic E-state index is 0.515. The number of aliphatic imine (C=N–C) groups is 1. The van der Waals surface area contributed by atoms with Crippen LogP contribution in [0.4, 0.5) is 0 Å². The maximum atomic E-state index is 5.12. The molecule has 1 aliphatic heterocycles. The van der Waals surface area contributed by atoms with E-state index in [1.54, 1.807) is 7.11 Å². The largest absolute Gasteiger partial charge is 0.385 e. The smallest absolute Gasteiger partial charge is 0.191 e. The third-order valence-electron chi connectivity index (χ3n) is 5.20. The van der Waals surface area contributed by atoms with E-state index in [1.165, 1.54) is 25.9 Å². The van der Waals surface area contributed by atoms with E-state index in [0.29, 0.717) is 6.54 Å². The Hall–Kier alpha value is -1.67. The zero-order chi connectivity index (χ0) is 19.5. The first-order valence-corrected chi connectivity index (χ1v) is 10.2. The minimum absolute atomic E-state index is 0.515. The van der Waals surface area contributed by atoms with Gasteiger partial charge in [0.15, 0.2) is 11.8 Å². The van der Waals surface area contributed by atoms with Gasteiger partial charge >= 0.3 is 0 Å². The molecule has 1 saturated heterocycles. The fourth-order valence-electron chi connectivity index (χ4n) is 3.13. The molecule has 8 nitrogen and oxygen atoms in total. The zero-order valence-electron chi connectivity index (χ0n) is 17.5. The predicted octanol–water partition coefficient (Wildman–Crippen LogP) is 1.32. The minimum Gasteiger partial charge on any atom is -0.385 e. The fourth-order valence-corrected chi connectivity index (χ4v) is 3.13. The molecule has 0 aromatic carbocycles. The molecular weight excluding hydrogens is 342 g/mol. The first kappa shape index (κ1) is 21.6. The second-order valence-corrected chi connectivity index (χ2v) is 7.46. The van der Waals surface area contributed by atoms with Gasteiger partial charge in [0.2, 0.25) is 0 Å². The third kappa shape index (κ3) is 7.84. The number of hydrogen-bond donors (Lipinski definition) is 2. The van der Waals surface area contributed by atoms with E-state index in [0.717, 1.165) is 62.6 Å². The van der Waals surface area contributed by atoms with Crippen LogP contribution in [0.3, 0.4) is 0 Å². The fraction of sp³-hybridized carbons (Fsp3) is 0.842. The molecule has 154 valence electrons. The highest BCUT2D eigenvalue weighted by Gasteiger charge is 2.14. The lowest BCUT2D eigenvalue weighted by Gasteiger charge is -2.30. The van der Waals surface area contributed by atoms with E-state index < -0.39 is 0 Å². The number of guanidine groups is 1. The molecule has 8 heteroatoms. The number of piperidine rings is 1. The Balaban J connectivity index is 1.76. The van der Waals surface area contributed by atoms with Crippen LogP contribution < -0.4 is 10.6 Å². The summed E-state index contributed by atoms with van der Waals surface area (Å²) in [5, 5.41) is 15.1. The van der Waals surface area contributed by atoms with Gasteiger partial charge in [-0.15, -0.1) is 10.2 Å². The van der Waals surface area contributed by atoms with Gasteiger partial charge in [-0.2, -0.15) is 0 Å². The number of ether oxygens (including phenoxy) is 1. The van der Waals surface area contributed by atoms with Gasteiger partial charge < -0.3 is 24.8 Å². The number of rotatable bonds is 10. The Morgan fingerprint density at radius 1 is 1.19 bits per heavy atom.